The van der Waals surface area contributed by atoms with E-state index in [0.717, 1.165) is 0 Å². The van der Waals surface area contributed by atoms with Crippen LogP contribution in [0.25, 0.3) is 0 Å². The van der Waals surface area contributed by atoms with E-state index in [2.05, 4.69) is 0 Å². The normalized spacial score (nSPS) is 30.9. The third kappa shape index (κ3) is 2.83. The number of likely N-dealkylation sites (tertiary alicyclic amines) is 1. The summed E-state index contributed by atoms with van der Waals surface area (Å²) >= 11 is 0. The van der Waals surface area contributed by atoms with Gasteiger partial charge >= 0.3 is 12.1 Å². The zero-order chi connectivity index (χ0) is 14.3. The van der Waals surface area contributed by atoms with Gasteiger partial charge in [-0.05, 0) is 33.6 Å². The molecule has 2 fully saturated rings. The molecule has 2 saturated heterocycles. The number of rotatable bonds is 1. The summed E-state index contributed by atoms with van der Waals surface area (Å²) in [5, 5.41) is 9.24. The number of carboxylic acids is 1. The van der Waals surface area contributed by atoms with E-state index in [1.165, 1.54) is 0 Å². The Morgan fingerprint density at radius 1 is 1.42 bits per heavy atom. The average Bonchev–Trinajstić information content (AvgIpc) is 2.84. The van der Waals surface area contributed by atoms with Gasteiger partial charge in [-0.2, -0.15) is 0 Å². The number of amides is 1. The fourth-order valence-electron chi connectivity index (χ4n) is 2.78. The van der Waals surface area contributed by atoms with E-state index in [9.17, 15) is 14.7 Å². The lowest BCUT2D eigenvalue weighted by molar-refractivity contribution is -0.147. The summed E-state index contributed by atoms with van der Waals surface area (Å²) in [7, 11) is 0. The molecule has 0 aromatic rings. The molecule has 2 aliphatic heterocycles. The lowest BCUT2D eigenvalue weighted by atomic mass is 9.87. The number of aliphatic carboxylic acids is 1. The summed E-state index contributed by atoms with van der Waals surface area (Å²) in [4.78, 5) is 24.8. The standard InChI is InChI=1S/C13H21NO5/c1-12(2,3)19-11(17)14-6-5-13(8-14)9(10(15)16)4-7-18-13/h9H,4-8H2,1-3H3,(H,15,16). The number of carbonyl (C=O) groups is 2. The maximum Gasteiger partial charge on any atom is 0.410 e. The van der Waals surface area contributed by atoms with Gasteiger partial charge in [-0.1, -0.05) is 0 Å². The Morgan fingerprint density at radius 2 is 2.11 bits per heavy atom. The van der Waals surface area contributed by atoms with Crippen LogP contribution < -0.4 is 0 Å². The summed E-state index contributed by atoms with van der Waals surface area (Å²) in [6.45, 7) is 6.66. The third-order valence-electron chi connectivity index (χ3n) is 3.64. The maximum atomic E-state index is 12.0. The third-order valence-corrected chi connectivity index (χ3v) is 3.64. The van der Waals surface area contributed by atoms with Crippen molar-refractivity contribution >= 4 is 12.1 Å². The molecule has 108 valence electrons. The molecule has 2 heterocycles. The molecular weight excluding hydrogens is 250 g/mol. The molecule has 2 unspecified atom stereocenters. The summed E-state index contributed by atoms with van der Waals surface area (Å²) in [6.07, 6.45) is 0.671. The minimum absolute atomic E-state index is 0.304. The number of hydrogen-bond acceptors (Lipinski definition) is 4. The van der Waals surface area contributed by atoms with Crippen LogP contribution in [0.15, 0.2) is 0 Å². The van der Waals surface area contributed by atoms with Crippen molar-refractivity contribution in [3.63, 3.8) is 0 Å². The molecule has 0 bridgehead atoms. The van der Waals surface area contributed by atoms with E-state index in [4.69, 9.17) is 9.47 Å². The topological polar surface area (TPSA) is 76.1 Å². The summed E-state index contributed by atoms with van der Waals surface area (Å²) in [5.74, 6) is -1.37. The molecule has 1 spiro atoms. The van der Waals surface area contributed by atoms with Crippen molar-refractivity contribution in [2.24, 2.45) is 5.92 Å². The monoisotopic (exact) mass is 271 g/mol. The molecule has 0 saturated carbocycles. The van der Waals surface area contributed by atoms with Crippen LogP contribution in [0.4, 0.5) is 4.79 Å². The summed E-state index contributed by atoms with van der Waals surface area (Å²) in [5.41, 5.74) is -1.27. The second-order valence-electron chi connectivity index (χ2n) is 6.24. The lowest BCUT2D eigenvalue weighted by Gasteiger charge is -2.28. The quantitative estimate of drug-likeness (QED) is 0.782. The molecule has 0 aliphatic carbocycles. The number of carbonyl (C=O) groups excluding carboxylic acids is 1. The first-order valence-electron chi connectivity index (χ1n) is 6.58. The van der Waals surface area contributed by atoms with Crippen molar-refractivity contribution in [2.45, 2.75) is 44.8 Å². The van der Waals surface area contributed by atoms with E-state index in [1.807, 2.05) is 20.8 Å². The van der Waals surface area contributed by atoms with E-state index in [1.54, 1.807) is 4.90 Å². The van der Waals surface area contributed by atoms with Gasteiger partial charge in [-0.3, -0.25) is 4.79 Å². The zero-order valence-electron chi connectivity index (χ0n) is 11.6. The Hall–Kier alpha value is -1.30. The van der Waals surface area contributed by atoms with Gasteiger partial charge in [0.1, 0.15) is 11.2 Å². The molecule has 2 aliphatic rings. The molecule has 1 N–H and O–H groups in total. The van der Waals surface area contributed by atoms with Crippen LogP contribution in [0.3, 0.4) is 0 Å². The van der Waals surface area contributed by atoms with Gasteiger partial charge in [0.05, 0.1) is 12.5 Å². The van der Waals surface area contributed by atoms with Crippen molar-refractivity contribution in [2.75, 3.05) is 19.7 Å². The van der Waals surface area contributed by atoms with Crippen molar-refractivity contribution in [1.82, 2.24) is 4.90 Å². The Labute approximate surface area is 112 Å². The van der Waals surface area contributed by atoms with Gasteiger partial charge in [0.15, 0.2) is 0 Å². The Bertz CT molecular complexity index is 389. The van der Waals surface area contributed by atoms with Crippen LogP contribution in [0.1, 0.15) is 33.6 Å². The highest BCUT2D eigenvalue weighted by Crippen LogP contribution is 2.40. The largest absolute Gasteiger partial charge is 0.481 e. The van der Waals surface area contributed by atoms with Gasteiger partial charge in [-0.25, -0.2) is 4.79 Å². The fourth-order valence-corrected chi connectivity index (χ4v) is 2.78. The van der Waals surface area contributed by atoms with Crippen LogP contribution in [-0.4, -0.2) is 53.0 Å². The molecule has 0 radical (unpaired) electrons. The van der Waals surface area contributed by atoms with E-state index < -0.39 is 29.2 Å². The van der Waals surface area contributed by atoms with E-state index in [-0.39, 0.29) is 0 Å². The fraction of sp³-hybridized carbons (Fsp3) is 0.846. The highest BCUT2D eigenvalue weighted by atomic mass is 16.6. The van der Waals surface area contributed by atoms with Crippen LogP contribution in [0.2, 0.25) is 0 Å². The van der Waals surface area contributed by atoms with E-state index >= 15 is 0 Å². The first-order chi connectivity index (χ1) is 8.73. The average molecular weight is 271 g/mol. The predicted octanol–water partition coefficient (Wildman–Crippen LogP) is 1.49. The molecule has 6 heteroatoms. The minimum Gasteiger partial charge on any atom is -0.481 e. The first-order valence-corrected chi connectivity index (χ1v) is 6.58. The molecule has 2 rings (SSSR count). The second-order valence-corrected chi connectivity index (χ2v) is 6.24. The molecule has 19 heavy (non-hydrogen) atoms. The van der Waals surface area contributed by atoms with Crippen LogP contribution in [0, 0.1) is 5.92 Å². The van der Waals surface area contributed by atoms with Crippen molar-refractivity contribution in [3.05, 3.63) is 0 Å². The Balaban J connectivity index is 2.03. The van der Waals surface area contributed by atoms with Gasteiger partial charge in [0.25, 0.3) is 0 Å². The first kappa shape index (κ1) is 14.1. The molecule has 0 aromatic heterocycles. The Morgan fingerprint density at radius 3 is 2.68 bits per heavy atom. The maximum absolute atomic E-state index is 12.0. The van der Waals surface area contributed by atoms with Crippen LogP contribution in [0.5, 0.6) is 0 Å². The zero-order valence-corrected chi connectivity index (χ0v) is 11.6. The summed E-state index contributed by atoms with van der Waals surface area (Å²) < 4.78 is 11.0. The minimum atomic E-state index is -0.844. The van der Waals surface area contributed by atoms with Gasteiger partial charge in [0, 0.05) is 13.2 Å². The van der Waals surface area contributed by atoms with Crippen molar-refractivity contribution < 1.29 is 24.2 Å². The van der Waals surface area contributed by atoms with E-state index in [0.29, 0.717) is 32.5 Å². The molecule has 2 atom stereocenters. The molecule has 6 nitrogen and oxygen atoms in total. The van der Waals surface area contributed by atoms with Crippen LogP contribution >= 0.6 is 0 Å². The Kier molecular flexibility index (Phi) is 3.47. The summed E-state index contributed by atoms with van der Waals surface area (Å²) in [6, 6.07) is 0. The lowest BCUT2D eigenvalue weighted by Crippen LogP contribution is -2.44. The highest BCUT2D eigenvalue weighted by molar-refractivity contribution is 5.73. The predicted molar refractivity (Wildman–Crippen MR) is 66.8 cm³/mol. The molecule has 1 amide bonds. The van der Waals surface area contributed by atoms with Gasteiger partial charge in [-0.15, -0.1) is 0 Å². The van der Waals surface area contributed by atoms with Crippen molar-refractivity contribution in [1.29, 1.82) is 0 Å². The second kappa shape index (κ2) is 4.67. The van der Waals surface area contributed by atoms with Gasteiger partial charge < -0.3 is 19.5 Å². The smallest absolute Gasteiger partial charge is 0.410 e. The van der Waals surface area contributed by atoms with Crippen molar-refractivity contribution in [3.8, 4) is 0 Å². The van der Waals surface area contributed by atoms with Gasteiger partial charge in [0.2, 0.25) is 0 Å². The highest BCUT2D eigenvalue weighted by Gasteiger charge is 2.53. The van der Waals surface area contributed by atoms with Crippen LogP contribution in [-0.2, 0) is 14.3 Å². The molecular formula is C13H21NO5. The number of ether oxygens (including phenoxy) is 2. The number of nitrogens with zero attached hydrogens (tertiary/aromatic N) is 1. The number of hydrogen-bond donors (Lipinski definition) is 1. The number of carboxylic acid groups (broad SMARTS) is 1. The molecule has 0 aromatic carbocycles. The SMILES string of the molecule is CC(C)(C)OC(=O)N1CCC2(C1)OCCC2C(=O)O.